The molecule has 34 heavy (non-hydrogen) atoms. The minimum atomic E-state index is -0.323. The molecule has 7 heteroatoms. The summed E-state index contributed by atoms with van der Waals surface area (Å²) >= 11 is 0. The van der Waals surface area contributed by atoms with Crippen LogP contribution in [0, 0.1) is 17.7 Å². The lowest BCUT2D eigenvalue weighted by Gasteiger charge is -2.36. The van der Waals surface area contributed by atoms with Gasteiger partial charge in [-0.3, -0.25) is 4.79 Å². The molecule has 1 aromatic heterocycles. The van der Waals surface area contributed by atoms with E-state index in [0.29, 0.717) is 40.9 Å². The highest BCUT2D eigenvalue weighted by atomic mass is 19.1. The number of benzene rings is 2. The Hall–Kier alpha value is -3.48. The molecule has 1 saturated heterocycles. The topological polar surface area (TPSA) is 84.1 Å². The molecule has 0 aliphatic carbocycles. The summed E-state index contributed by atoms with van der Waals surface area (Å²) < 4.78 is 15.3. The van der Waals surface area contributed by atoms with Gasteiger partial charge in [-0.25, -0.2) is 14.4 Å². The maximum atomic E-state index is 15.3. The molecule has 0 radical (unpaired) electrons. The van der Waals surface area contributed by atoms with Crippen LogP contribution in [0.15, 0.2) is 42.6 Å². The number of nitrogens with two attached hydrogens (primary N) is 1. The van der Waals surface area contributed by atoms with Gasteiger partial charge >= 0.3 is 0 Å². The summed E-state index contributed by atoms with van der Waals surface area (Å²) in [6, 6.07) is 10.9. The molecule has 0 spiro atoms. The molecule has 3 N–H and O–H groups in total. The van der Waals surface area contributed by atoms with Gasteiger partial charge < -0.3 is 16.0 Å². The summed E-state index contributed by atoms with van der Waals surface area (Å²) in [6.45, 7) is 7.02. The number of fused-ring (bicyclic) bond motifs is 1. The third-order valence-electron chi connectivity index (χ3n) is 7.10. The number of anilines is 2. The van der Waals surface area contributed by atoms with E-state index in [1.165, 1.54) is 12.6 Å². The van der Waals surface area contributed by atoms with E-state index in [2.05, 4.69) is 34.0 Å². The molecular formula is C27H30FN5O. The summed E-state index contributed by atoms with van der Waals surface area (Å²) in [5, 5.41) is 2.84. The van der Waals surface area contributed by atoms with Crippen LogP contribution in [0.2, 0.25) is 0 Å². The summed E-state index contributed by atoms with van der Waals surface area (Å²) in [7, 11) is 0. The number of aromatic nitrogens is 2. The first-order valence-corrected chi connectivity index (χ1v) is 12.0. The van der Waals surface area contributed by atoms with Crippen LogP contribution < -0.4 is 16.0 Å². The molecule has 2 aromatic carbocycles. The van der Waals surface area contributed by atoms with Gasteiger partial charge in [0.2, 0.25) is 0 Å². The van der Waals surface area contributed by atoms with Gasteiger partial charge in [0.15, 0.2) is 0 Å². The fraction of sp³-hybridized carbons (Fsp3) is 0.370. The average Bonchev–Trinajstić information content (AvgIpc) is 2.84. The van der Waals surface area contributed by atoms with Gasteiger partial charge in [-0.05, 0) is 67.0 Å². The second-order valence-corrected chi connectivity index (χ2v) is 9.62. The van der Waals surface area contributed by atoms with Crippen molar-refractivity contribution in [3.8, 4) is 22.5 Å². The predicted molar refractivity (Wildman–Crippen MR) is 133 cm³/mol. The number of nitrogens with zero attached hydrogens (tertiary/aromatic N) is 3. The minimum Gasteiger partial charge on any atom is -0.382 e. The Kier molecular flexibility index (Phi) is 5.94. The first-order valence-electron chi connectivity index (χ1n) is 12.0. The normalized spacial score (nSPS) is 18.1. The molecule has 1 amide bonds. The van der Waals surface area contributed by atoms with Crippen molar-refractivity contribution < 1.29 is 9.18 Å². The van der Waals surface area contributed by atoms with Crippen LogP contribution in [0.5, 0.6) is 0 Å². The zero-order valence-corrected chi connectivity index (χ0v) is 19.6. The van der Waals surface area contributed by atoms with Gasteiger partial charge in [-0.2, -0.15) is 0 Å². The van der Waals surface area contributed by atoms with E-state index < -0.39 is 0 Å². The molecule has 0 saturated carbocycles. The Balaban J connectivity index is 1.45. The van der Waals surface area contributed by atoms with Gasteiger partial charge in [-0.15, -0.1) is 0 Å². The molecule has 1 atom stereocenters. The molecule has 176 valence electrons. The van der Waals surface area contributed by atoms with E-state index >= 15 is 4.39 Å². The number of nitrogens with one attached hydrogen (secondary N) is 1. The molecule has 2 aliphatic heterocycles. The summed E-state index contributed by atoms with van der Waals surface area (Å²) in [4.78, 5) is 23.3. The number of hydrogen-bond donors (Lipinski definition) is 2. The third-order valence-corrected chi connectivity index (χ3v) is 7.10. The van der Waals surface area contributed by atoms with Crippen molar-refractivity contribution in [1.29, 1.82) is 0 Å². The number of rotatable bonds is 4. The molecule has 6 nitrogen and oxygen atoms in total. The van der Waals surface area contributed by atoms with E-state index in [1.54, 1.807) is 18.2 Å². The first kappa shape index (κ1) is 22.3. The van der Waals surface area contributed by atoms with Crippen molar-refractivity contribution in [2.24, 2.45) is 11.8 Å². The van der Waals surface area contributed by atoms with Gasteiger partial charge in [-0.1, -0.05) is 19.9 Å². The quantitative estimate of drug-likeness (QED) is 0.591. The van der Waals surface area contributed by atoms with Crippen LogP contribution in [0.3, 0.4) is 0 Å². The fourth-order valence-corrected chi connectivity index (χ4v) is 5.01. The number of carbonyl (C=O) groups is 1. The standard InChI is InChI=1S/C27H30FN5O/c1-16(2)19-4-3-11-33(15-19)20-6-8-22(23(28)13-20)24-14-31-26(29)25(32-24)18-5-7-21-17(12-18)9-10-30-27(21)34/h5-8,12-14,16,19H,3-4,9-11,15H2,1-2H3,(H2,29,31)(H,30,34). The van der Waals surface area contributed by atoms with E-state index in [9.17, 15) is 4.79 Å². The van der Waals surface area contributed by atoms with E-state index in [4.69, 9.17) is 5.73 Å². The van der Waals surface area contributed by atoms with Crippen LogP contribution in [0.4, 0.5) is 15.9 Å². The largest absolute Gasteiger partial charge is 0.382 e. The Labute approximate surface area is 199 Å². The Bertz CT molecular complexity index is 1240. The summed E-state index contributed by atoms with van der Waals surface area (Å²) in [5.41, 5.74) is 10.8. The van der Waals surface area contributed by atoms with Gasteiger partial charge in [0.1, 0.15) is 17.3 Å². The number of amides is 1. The van der Waals surface area contributed by atoms with Crippen LogP contribution in [-0.2, 0) is 6.42 Å². The van der Waals surface area contributed by atoms with Crippen molar-refractivity contribution >= 4 is 17.4 Å². The second-order valence-electron chi connectivity index (χ2n) is 9.62. The number of carbonyl (C=O) groups excluding carboxylic acids is 1. The minimum absolute atomic E-state index is 0.0730. The molecule has 2 aliphatic rings. The third kappa shape index (κ3) is 4.22. The van der Waals surface area contributed by atoms with Crippen LogP contribution in [0.1, 0.15) is 42.6 Å². The number of piperidine rings is 1. The van der Waals surface area contributed by atoms with Gasteiger partial charge in [0, 0.05) is 42.0 Å². The highest BCUT2D eigenvalue weighted by Gasteiger charge is 2.24. The zero-order valence-electron chi connectivity index (χ0n) is 19.6. The van der Waals surface area contributed by atoms with Crippen LogP contribution in [-0.4, -0.2) is 35.5 Å². The highest BCUT2D eigenvalue weighted by Crippen LogP contribution is 2.33. The molecule has 3 heterocycles. The van der Waals surface area contributed by atoms with Crippen molar-refractivity contribution in [2.45, 2.75) is 33.1 Å². The van der Waals surface area contributed by atoms with Gasteiger partial charge in [0.05, 0.1) is 11.9 Å². The summed E-state index contributed by atoms with van der Waals surface area (Å²) in [6.07, 6.45) is 4.61. The number of nitrogen functional groups attached to an aromatic ring is 1. The molecule has 1 unspecified atom stereocenters. The monoisotopic (exact) mass is 459 g/mol. The highest BCUT2D eigenvalue weighted by molar-refractivity contribution is 5.97. The predicted octanol–water partition coefficient (Wildman–Crippen LogP) is 4.69. The molecule has 3 aromatic rings. The van der Waals surface area contributed by atoms with Crippen molar-refractivity contribution in [2.75, 3.05) is 30.3 Å². The first-order chi connectivity index (χ1) is 16.4. The maximum Gasteiger partial charge on any atom is 0.251 e. The van der Waals surface area contributed by atoms with Crippen LogP contribution >= 0.6 is 0 Å². The molecular weight excluding hydrogens is 429 g/mol. The van der Waals surface area contributed by atoms with E-state index in [0.717, 1.165) is 42.7 Å². The smallest absolute Gasteiger partial charge is 0.251 e. The summed E-state index contributed by atoms with van der Waals surface area (Å²) in [5.74, 6) is 1.12. The lowest BCUT2D eigenvalue weighted by Crippen LogP contribution is -2.37. The maximum absolute atomic E-state index is 15.3. The SMILES string of the molecule is CC(C)C1CCCN(c2ccc(-c3cnc(N)c(-c4ccc5c(c4)CCNC5=O)n3)c(F)c2)C1. The lowest BCUT2D eigenvalue weighted by atomic mass is 9.87. The van der Waals surface area contributed by atoms with E-state index in [-0.39, 0.29) is 17.5 Å². The Morgan fingerprint density at radius 1 is 1.18 bits per heavy atom. The average molecular weight is 460 g/mol. The molecule has 5 rings (SSSR count). The van der Waals surface area contributed by atoms with Crippen molar-refractivity contribution in [3.63, 3.8) is 0 Å². The van der Waals surface area contributed by atoms with Crippen molar-refractivity contribution in [3.05, 3.63) is 59.5 Å². The molecule has 0 bridgehead atoms. The zero-order chi connectivity index (χ0) is 23.8. The number of hydrogen-bond acceptors (Lipinski definition) is 5. The Morgan fingerprint density at radius 2 is 2.00 bits per heavy atom. The molecule has 1 fully saturated rings. The fourth-order valence-electron chi connectivity index (χ4n) is 5.01. The second kappa shape index (κ2) is 9.05. The van der Waals surface area contributed by atoms with E-state index in [1.807, 2.05) is 18.2 Å². The number of halogens is 1. The van der Waals surface area contributed by atoms with Crippen LogP contribution in [0.25, 0.3) is 22.5 Å². The lowest BCUT2D eigenvalue weighted by molar-refractivity contribution is 0.0946. The van der Waals surface area contributed by atoms with Crippen molar-refractivity contribution in [1.82, 2.24) is 15.3 Å². The Morgan fingerprint density at radius 3 is 2.79 bits per heavy atom. The van der Waals surface area contributed by atoms with Gasteiger partial charge in [0.25, 0.3) is 5.91 Å².